The van der Waals surface area contributed by atoms with E-state index >= 15 is 0 Å². The van der Waals surface area contributed by atoms with Crippen LogP contribution in [0, 0.1) is 0 Å². The highest BCUT2D eigenvalue weighted by Crippen LogP contribution is 2.21. The molecule has 0 aliphatic carbocycles. The maximum Gasteiger partial charge on any atom is 0.337 e. The summed E-state index contributed by atoms with van der Waals surface area (Å²) in [5.74, 6) is 0.826. The van der Waals surface area contributed by atoms with E-state index in [0.29, 0.717) is 35.7 Å². The van der Waals surface area contributed by atoms with Crippen LogP contribution in [0.25, 0.3) is 18.2 Å². The van der Waals surface area contributed by atoms with Crippen LogP contribution in [0.4, 0.5) is 0 Å². The number of unbranched alkanes of at least 4 members (excludes halogenated alkanes) is 2. The first kappa shape index (κ1) is 29.2. The summed E-state index contributed by atoms with van der Waals surface area (Å²) in [6, 6.07) is 18.9. The molecule has 0 radical (unpaired) electrons. The Morgan fingerprint density at radius 3 is 2.41 bits per heavy atom. The third kappa shape index (κ3) is 9.78. The van der Waals surface area contributed by atoms with Gasteiger partial charge in [0.05, 0.1) is 51.3 Å². The molecule has 1 heterocycles. The lowest BCUT2D eigenvalue weighted by molar-refractivity contribution is -0.140. The monoisotopic (exact) mass is 529 g/mol. The molecule has 0 aliphatic rings. The van der Waals surface area contributed by atoms with E-state index in [-0.39, 0.29) is 18.4 Å². The van der Waals surface area contributed by atoms with Gasteiger partial charge in [0.2, 0.25) is 0 Å². The highest BCUT2D eigenvalue weighted by Gasteiger charge is 2.10. The Kier molecular flexibility index (Phi) is 11.8. The molecule has 0 fully saturated rings. The highest BCUT2D eigenvalue weighted by molar-refractivity contribution is 5.90. The number of carbonyl (C=O) groups is 2. The van der Waals surface area contributed by atoms with Crippen molar-refractivity contribution in [1.29, 1.82) is 0 Å². The lowest BCUT2D eigenvalue weighted by Gasteiger charge is -2.11. The van der Waals surface area contributed by atoms with Crippen molar-refractivity contribution >= 4 is 30.2 Å². The number of rotatable bonds is 14. The Bertz CT molecular complexity index is 1280. The molecule has 0 atom stereocenters. The van der Waals surface area contributed by atoms with Gasteiger partial charge >= 0.3 is 11.9 Å². The smallest absolute Gasteiger partial charge is 0.337 e. The number of carbonyl (C=O) groups excluding carboxylic acids is 2. The van der Waals surface area contributed by atoms with Crippen LogP contribution in [-0.2, 0) is 20.7 Å². The van der Waals surface area contributed by atoms with E-state index in [2.05, 4.69) is 12.2 Å². The van der Waals surface area contributed by atoms with Crippen LogP contribution < -0.4 is 9.47 Å². The number of aryl methyl sites for hydroxylation is 1. The van der Waals surface area contributed by atoms with E-state index in [9.17, 15) is 9.59 Å². The summed E-state index contributed by atoms with van der Waals surface area (Å²) in [6.07, 6.45) is 11.4. The number of hydrogen-bond acceptors (Lipinski definition) is 7. The van der Waals surface area contributed by atoms with E-state index < -0.39 is 0 Å². The fourth-order valence-electron chi connectivity index (χ4n) is 3.78. The van der Waals surface area contributed by atoms with Gasteiger partial charge in [0, 0.05) is 6.42 Å². The van der Waals surface area contributed by atoms with Gasteiger partial charge < -0.3 is 18.9 Å². The largest absolute Gasteiger partial charge is 0.497 e. The molecule has 3 rings (SSSR count). The van der Waals surface area contributed by atoms with Crippen LogP contribution >= 0.6 is 0 Å². The van der Waals surface area contributed by atoms with Crippen LogP contribution in [0.1, 0.15) is 58.6 Å². The Morgan fingerprint density at radius 2 is 1.67 bits per heavy atom. The van der Waals surface area contributed by atoms with Crippen molar-refractivity contribution in [2.24, 2.45) is 0 Å². The SMILES string of the molecule is COC(=O)CCc1nc(/C=C\c2cccc(C(=O)OC)c2)ccc1OCCCC/C=C/c1ccc(OC)cc1. The Balaban J connectivity index is 1.57. The first-order valence-electron chi connectivity index (χ1n) is 12.9. The molecule has 0 saturated carbocycles. The van der Waals surface area contributed by atoms with Crippen molar-refractivity contribution in [3.63, 3.8) is 0 Å². The molecule has 0 unspecified atom stereocenters. The summed E-state index contributed by atoms with van der Waals surface area (Å²) in [7, 11) is 4.39. The van der Waals surface area contributed by atoms with E-state index in [1.54, 1.807) is 25.3 Å². The topological polar surface area (TPSA) is 84.0 Å². The summed E-state index contributed by atoms with van der Waals surface area (Å²) in [5.41, 5.74) is 3.88. The molecule has 3 aromatic rings. The van der Waals surface area contributed by atoms with Crippen LogP contribution in [0.5, 0.6) is 11.5 Å². The zero-order valence-electron chi connectivity index (χ0n) is 22.7. The Hall–Kier alpha value is -4.39. The predicted molar refractivity (Wildman–Crippen MR) is 153 cm³/mol. The summed E-state index contributed by atoms with van der Waals surface area (Å²) >= 11 is 0. The maximum atomic E-state index is 11.8. The number of hydrogen-bond donors (Lipinski definition) is 0. The highest BCUT2D eigenvalue weighted by atomic mass is 16.5. The molecule has 0 bridgehead atoms. The molecule has 1 aromatic heterocycles. The second-order valence-corrected chi connectivity index (χ2v) is 8.73. The molecule has 2 aromatic carbocycles. The lowest BCUT2D eigenvalue weighted by Crippen LogP contribution is -2.07. The number of nitrogens with zero attached hydrogens (tertiary/aromatic N) is 1. The van der Waals surface area contributed by atoms with Gasteiger partial charge in [-0.05, 0) is 72.9 Å². The third-order valence-corrected chi connectivity index (χ3v) is 5.95. The minimum Gasteiger partial charge on any atom is -0.497 e. The van der Waals surface area contributed by atoms with Crippen molar-refractivity contribution in [3.05, 3.63) is 94.8 Å². The van der Waals surface area contributed by atoms with Crippen molar-refractivity contribution in [1.82, 2.24) is 4.98 Å². The number of aromatic nitrogens is 1. The fraction of sp³-hybridized carbons (Fsp3) is 0.281. The zero-order valence-corrected chi connectivity index (χ0v) is 22.7. The van der Waals surface area contributed by atoms with Crippen molar-refractivity contribution in [2.45, 2.75) is 32.1 Å². The standard InChI is InChI=1S/C32H35NO6/c1-36-28-17-13-24(14-18-28)9-6-4-5-7-22-39-30-20-16-27(33-29(30)19-21-31(34)37-2)15-12-25-10-8-11-26(23-25)32(35)38-3/h6,8-18,20,23H,4-5,7,19,21-22H2,1-3H3/b9-6+,15-12-. The van der Waals surface area contributed by atoms with Gasteiger partial charge in [-0.3, -0.25) is 4.79 Å². The van der Waals surface area contributed by atoms with Gasteiger partial charge in [0.15, 0.2) is 0 Å². The van der Waals surface area contributed by atoms with Crippen LogP contribution in [0.3, 0.4) is 0 Å². The first-order chi connectivity index (χ1) is 19.0. The first-order valence-corrected chi connectivity index (χ1v) is 12.9. The Morgan fingerprint density at radius 1 is 0.846 bits per heavy atom. The van der Waals surface area contributed by atoms with Gasteiger partial charge in [-0.1, -0.05) is 42.5 Å². The van der Waals surface area contributed by atoms with Crippen molar-refractivity contribution < 1.29 is 28.5 Å². The quantitative estimate of drug-likeness (QED) is 0.176. The predicted octanol–water partition coefficient (Wildman–Crippen LogP) is 6.42. The van der Waals surface area contributed by atoms with E-state index in [4.69, 9.17) is 23.9 Å². The van der Waals surface area contributed by atoms with Gasteiger partial charge in [0.1, 0.15) is 11.5 Å². The van der Waals surface area contributed by atoms with Gasteiger partial charge in [-0.15, -0.1) is 0 Å². The molecule has 204 valence electrons. The summed E-state index contributed by atoms with van der Waals surface area (Å²) < 4.78 is 20.8. The molecule has 0 saturated heterocycles. The number of ether oxygens (including phenoxy) is 4. The van der Waals surface area contributed by atoms with Crippen LogP contribution in [0.2, 0.25) is 0 Å². The second kappa shape index (κ2) is 15.8. The molecule has 0 N–H and O–H groups in total. The van der Waals surface area contributed by atoms with Gasteiger partial charge in [-0.2, -0.15) is 0 Å². The van der Waals surface area contributed by atoms with E-state index in [1.165, 1.54) is 14.2 Å². The summed E-state index contributed by atoms with van der Waals surface area (Å²) in [4.78, 5) is 28.2. The van der Waals surface area contributed by atoms with Gasteiger partial charge in [0.25, 0.3) is 0 Å². The number of benzene rings is 2. The lowest BCUT2D eigenvalue weighted by atomic mass is 10.1. The average Bonchev–Trinajstić information content (AvgIpc) is 2.98. The molecule has 7 heteroatoms. The average molecular weight is 530 g/mol. The van der Waals surface area contributed by atoms with Crippen molar-refractivity contribution in [2.75, 3.05) is 27.9 Å². The number of pyridine rings is 1. The normalized spacial score (nSPS) is 11.1. The maximum absolute atomic E-state index is 11.8. The van der Waals surface area contributed by atoms with Crippen LogP contribution in [-0.4, -0.2) is 44.9 Å². The minimum absolute atomic E-state index is 0.213. The number of methoxy groups -OCH3 is 3. The van der Waals surface area contributed by atoms with E-state index in [0.717, 1.165) is 36.1 Å². The molecule has 0 spiro atoms. The zero-order chi connectivity index (χ0) is 27.9. The summed E-state index contributed by atoms with van der Waals surface area (Å²) in [5, 5.41) is 0. The molecule has 0 aliphatic heterocycles. The number of esters is 2. The second-order valence-electron chi connectivity index (χ2n) is 8.73. The molecule has 39 heavy (non-hydrogen) atoms. The Labute approximate surface area is 230 Å². The van der Waals surface area contributed by atoms with Crippen LogP contribution in [0.15, 0.2) is 66.7 Å². The molecule has 0 amide bonds. The number of allylic oxidation sites excluding steroid dienone is 1. The summed E-state index contributed by atoms with van der Waals surface area (Å²) in [6.45, 7) is 0.554. The van der Waals surface area contributed by atoms with Gasteiger partial charge in [-0.25, -0.2) is 9.78 Å². The van der Waals surface area contributed by atoms with Crippen molar-refractivity contribution in [3.8, 4) is 11.5 Å². The fourth-order valence-corrected chi connectivity index (χ4v) is 3.78. The molecular formula is C32H35NO6. The molecule has 7 nitrogen and oxygen atoms in total. The third-order valence-electron chi connectivity index (χ3n) is 5.95. The molecular weight excluding hydrogens is 494 g/mol. The minimum atomic E-state index is -0.386. The van der Waals surface area contributed by atoms with E-state index in [1.807, 2.05) is 54.6 Å².